The minimum Gasteiger partial charge on any atom is -0.492 e. The Balaban J connectivity index is 2.33. The lowest BCUT2D eigenvalue weighted by atomic mass is 10.3. The average molecular weight is 312 g/mol. The number of hydrogen-bond donors (Lipinski definition) is 3. The highest BCUT2D eigenvalue weighted by Crippen LogP contribution is 2.27. The summed E-state index contributed by atoms with van der Waals surface area (Å²) in [6.07, 6.45) is 0. The van der Waals surface area contributed by atoms with Crippen molar-refractivity contribution < 1.29 is 13.2 Å². The predicted octanol–water partition coefficient (Wildman–Crippen LogP) is 0.220. The first kappa shape index (κ1) is 15.2. The van der Waals surface area contributed by atoms with Crippen molar-refractivity contribution in [3.05, 3.63) is 24.0 Å². The third-order valence-electron chi connectivity index (χ3n) is 2.64. The second-order valence-corrected chi connectivity index (χ2v) is 5.93. The smallest absolute Gasteiger partial charge is 0.244 e. The van der Waals surface area contributed by atoms with E-state index in [2.05, 4.69) is 25.3 Å². The van der Waals surface area contributed by atoms with Crippen LogP contribution < -0.4 is 15.2 Å². The van der Waals surface area contributed by atoms with Crippen LogP contribution in [0.4, 0.5) is 5.69 Å². The molecule has 0 fully saturated rings. The van der Waals surface area contributed by atoms with Gasteiger partial charge in [-0.25, -0.2) is 13.1 Å². The molecule has 0 amide bonds. The molecular formula is C11H16N6O3S. The maximum absolute atomic E-state index is 12.5. The first-order valence-electron chi connectivity index (χ1n) is 6.22. The highest BCUT2D eigenvalue weighted by molar-refractivity contribution is 7.89. The normalized spacial score (nSPS) is 13.0. The summed E-state index contributed by atoms with van der Waals surface area (Å²) < 4.78 is 32.7. The fourth-order valence-corrected chi connectivity index (χ4v) is 3.09. The highest BCUT2D eigenvalue weighted by Gasteiger charge is 2.24. The first-order chi connectivity index (χ1) is 9.94. The van der Waals surface area contributed by atoms with Crippen LogP contribution in [0.25, 0.3) is 0 Å². The van der Waals surface area contributed by atoms with Crippen LogP contribution in [0.15, 0.2) is 23.1 Å². The number of H-pyrrole nitrogens is 1. The van der Waals surface area contributed by atoms with Crippen molar-refractivity contribution in [2.75, 3.05) is 12.3 Å². The number of aromatic nitrogens is 4. The Kier molecular flexibility index (Phi) is 4.38. The van der Waals surface area contributed by atoms with Gasteiger partial charge in [-0.1, -0.05) is 5.21 Å². The number of tetrazole rings is 1. The quantitative estimate of drug-likeness (QED) is 0.649. The monoisotopic (exact) mass is 312 g/mol. The number of nitrogen functional groups attached to an aromatic ring is 1. The molecule has 0 aliphatic carbocycles. The Morgan fingerprint density at radius 1 is 1.48 bits per heavy atom. The van der Waals surface area contributed by atoms with Gasteiger partial charge in [-0.05, 0) is 32.0 Å². The maximum atomic E-state index is 12.5. The second kappa shape index (κ2) is 6.06. The van der Waals surface area contributed by atoms with Gasteiger partial charge < -0.3 is 10.5 Å². The molecule has 1 aromatic carbocycles. The summed E-state index contributed by atoms with van der Waals surface area (Å²) in [5.74, 6) is 0.472. The number of nitrogens with two attached hydrogens (primary N) is 1. The van der Waals surface area contributed by atoms with Gasteiger partial charge in [0.25, 0.3) is 0 Å². The number of anilines is 1. The maximum Gasteiger partial charge on any atom is 0.244 e. The zero-order valence-corrected chi connectivity index (χ0v) is 12.4. The van der Waals surface area contributed by atoms with E-state index in [1.54, 1.807) is 19.9 Å². The van der Waals surface area contributed by atoms with E-state index >= 15 is 0 Å². The van der Waals surface area contributed by atoms with Crippen molar-refractivity contribution in [3.8, 4) is 5.75 Å². The summed E-state index contributed by atoms with van der Waals surface area (Å²) in [5, 5.41) is 13.1. The molecule has 2 rings (SSSR count). The van der Waals surface area contributed by atoms with E-state index in [4.69, 9.17) is 10.5 Å². The standard InChI is InChI=1S/C11H16N6O3S/c1-3-20-9-5-4-8(12)6-10(9)21(18,19)15-7(2)11-13-16-17-14-11/h4-7,15H,3,12H2,1-2H3,(H,13,14,16,17). The molecular weight excluding hydrogens is 296 g/mol. The molecule has 0 aliphatic rings. The molecule has 9 nitrogen and oxygen atoms in total. The summed E-state index contributed by atoms with van der Waals surface area (Å²) in [7, 11) is -3.84. The second-order valence-electron chi connectivity index (χ2n) is 4.25. The number of hydrogen-bond acceptors (Lipinski definition) is 7. The molecule has 10 heteroatoms. The van der Waals surface area contributed by atoms with Gasteiger partial charge in [0.05, 0.1) is 12.6 Å². The highest BCUT2D eigenvalue weighted by atomic mass is 32.2. The van der Waals surface area contributed by atoms with E-state index in [1.807, 2.05) is 0 Å². The number of rotatable bonds is 6. The van der Waals surface area contributed by atoms with Gasteiger partial charge >= 0.3 is 0 Å². The minimum atomic E-state index is -3.84. The van der Waals surface area contributed by atoms with Gasteiger partial charge in [0.15, 0.2) is 5.82 Å². The van der Waals surface area contributed by atoms with Crippen LogP contribution in [0.5, 0.6) is 5.75 Å². The zero-order chi connectivity index (χ0) is 15.5. The number of nitrogens with one attached hydrogen (secondary N) is 2. The number of benzene rings is 1. The molecule has 21 heavy (non-hydrogen) atoms. The Bertz CT molecular complexity index is 701. The number of aromatic amines is 1. The molecule has 114 valence electrons. The van der Waals surface area contributed by atoms with Crippen LogP contribution >= 0.6 is 0 Å². The minimum absolute atomic E-state index is 0.0281. The van der Waals surface area contributed by atoms with Gasteiger partial charge in [0, 0.05) is 5.69 Å². The third kappa shape index (κ3) is 3.47. The van der Waals surface area contributed by atoms with E-state index in [1.165, 1.54) is 12.1 Å². The van der Waals surface area contributed by atoms with Crippen LogP contribution in [0.2, 0.25) is 0 Å². The van der Waals surface area contributed by atoms with Gasteiger partial charge in [0.2, 0.25) is 10.0 Å². The summed E-state index contributed by atoms with van der Waals surface area (Å²) in [4.78, 5) is -0.0281. The molecule has 4 N–H and O–H groups in total. The van der Waals surface area contributed by atoms with Crippen molar-refractivity contribution in [1.29, 1.82) is 0 Å². The fourth-order valence-electron chi connectivity index (χ4n) is 1.71. The molecule has 0 aliphatic heterocycles. The Labute approximate surface area is 121 Å². The van der Waals surface area contributed by atoms with Gasteiger partial charge in [-0.2, -0.15) is 5.21 Å². The lowest BCUT2D eigenvalue weighted by Crippen LogP contribution is -2.28. The topological polar surface area (TPSA) is 136 Å². The Hall–Kier alpha value is -2.20. The van der Waals surface area contributed by atoms with E-state index in [-0.39, 0.29) is 16.5 Å². The molecule has 0 saturated heterocycles. The van der Waals surface area contributed by atoms with Crippen LogP contribution in [-0.2, 0) is 10.0 Å². The summed E-state index contributed by atoms with van der Waals surface area (Å²) in [6, 6.07) is 3.79. The number of nitrogens with zero attached hydrogens (tertiary/aromatic N) is 3. The van der Waals surface area contributed by atoms with E-state index in [0.29, 0.717) is 12.3 Å². The molecule has 1 atom stereocenters. The van der Waals surface area contributed by atoms with Crippen molar-refractivity contribution in [2.45, 2.75) is 24.8 Å². The fraction of sp³-hybridized carbons (Fsp3) is 0.364. The van der Waals surface area contributed by atoms with Crippen molar-refractivity contribution >= 4 is 15.7 Å². The summed E-state index contributed by atoms with van der Waals surface area (Å²) in [5.41, 5.74) is 5.98. The summed E-state index contributed by atoms with van der Waals surface area (Å²) >= 11 is 0. The predicted molar refractivity (Wildman–Crippen MR) is 74.9 cm³/mol. The van der Waals surface area contributed by atoms with Crippen LogP contribution in [-0.4, -0.2) is 35.6 Å². The Morgan fingerprint density at radius 2 is 2.24 bits per heavy atom. The summed E-state index contributed by atoms with van der Waals surface area (Å²) in [6.45, 7) is 3.71. The van der Waals surface area contributed by atoms with Gasteiger partial charge in [-0.3, -0.25) is 0 Å². The van der Waals surface area contributed by atoms with E-state index < -0.39 is 16.1 Å². The van der Waals surface area contributed by atoms with Gasteiger partial charge in [0.1, 0.15) is 10.6 Å². The molecule has 0 saturated carbocycles. The van der Waals surface area contributed by atoms with Gasteiger partial charge in [-0.15, -0.1) is 10.2 Å². The molecule has 2 aromatic rings. The lowest BCUT2D eigenvalue weighted by molar-refractivity contribution is 0.331. The van der Waals surface area contributed by atoms with Crippen LogP contribution in [0.1, 0.15) is 25.7 Å². The molecule has 1 heterocycles. The molecule has 1 unspecified atom stereocenters. The van der Waals surface area contributed by atoms with Crippen LogP contribution in [0, 0.1) is 0 Å². The molecule has 0 spiro atoms. The van der Waals surface area contributed by atoms with E-state index in [0.717, 1.165) is 0 Å². The largest absolute Gasteiger partial charge is 0.492 e. The first-order valence-corrected chi connectivity index (χ1v) is 7.70. The van der Waals surface area contributed by atoms with Crippen molar-refractivity contribution in [1.82, 2.24) is 25.3 Å². The number of sulfonamides is 1. The molecule has 0 bridgehead atoms. The van der Waals surface area contributed by atoms with Crippen molar-refractivity contribution in [3.63, 3.8) is 0 Å². The molecule has 1 aromatic heterocycles. The SMILES string of the molecule is CCOc1ccc(N)cc1S(=O)(=O)NC(C)c1nn[nH]n1. The molecule has 0 radical (unpaired) electrons. The van der Waals surface area contributed by atoms with E-state index in [9.17, 15) is 8.42 Å². The third-order valence-corrected chi connectivity index (χ3v) is 4.20. The lowest BCUT2D eigenvalue weighted by Gasteiger charge is -2.14. The van der Waals surface area contributed by atoms with Crippen LogP contribution in [0.3, 0.4) is 0 Å². The average Bonchev–Trinajstić information content (AvgIpc) is 2.94. The van der Waals surface area contributed by atoms with Crippen molar-refractivity contribution in [2.24, 2.45) is 0 Å². The Morgan fingerprint density at radius 3 is 2.86 bits per heavy atom. The number of ether oxygens (including phenoxy) is 1. The zero-order valence-electron chi connectivity index (χ0n) is 11.6.